The molecule has 0 saturated carbocycles. The topological polar surface area (TPSA) is 123 Å². The zero-order valence-electron chi connectivity index (χ0n) is 19.5. The van der Waals surface area contributed by atoms with Crippen molar-refractivity contribution < 1.29 is 19.4 Å². The number of carboxylic acids is 1. The third-order valence-electron chi connectivity index (χ3n) is 5.44. The smallest absolute Gasteiger partial charge is 0.335 e. The predicted octanol–water partition coefficient (Wildman–Crippen LogP) is 4.99. The summed E-state index contributed by atoms with van der Waals surface area (Å²) in [7, 11) is 3.09. The summed E-state index contributed by atoms with van der Waals surface area (Å²) in [6.07, 6.45) is 3.45. The van der Waals surface area contributed by atoms with E-state index >= 15 is 0 Å². The molecule has 10 nitrogen and oxygen atoms in total. The average Bonchev–Trinajstić information content (AvgIpc) is 3.38. The van der Waals surface area contributed by atoms with Crippen molar-refractivity contribution in [2.45, 2.75) is 0 Å². The third-order valence-corrected chi connectivity index (χ3v) is 5.44. The average molecular weight is 483 g/mol. The maximum Gasteiger partial charge on any atom is 0.335 e. The van der Waals surface area contributed by atoms with Crippen molar-refractivity contribution in [3.05, 3.63) is 84.7 Å². The van der Waals surface area contributed by atoms with Gasteiger partial charge in [0.05, 0.1) is 31.2 Å². The summed E-state index contributed by atoms with van der Waals surface area (Å²) in [5, 5.41) is 20.4. The number of hydrogen-bond acceptors (Lipinski definition) is 8. The van der Waals surface area contributed by atoms with Crippen molar-refractivity contribution in [2.75, 3.05) is 24.9 Å². The van der Waals surface area contributed by atoms with Gasteiger partial charge < -0.3 is 25.2 Å². The number of hydrogen-bond donors (Lipinski definition) is 3. The van der Waals surface area contributed by atoms with Crippen molar-refractivity contribution in [3.8, 4) is 22.9 Å². The first kappa shape index (κ1) is 22.7. The summed E-state index contributed by atoms with van der Waals surface area (Å²) in [5.74, 6) is 0.504. The molecule has 0 radical (unpaired) electrons. The Hall–Kier alpha value is -5.12. The van der Waals surface area contributed by atoms with Crippen LogP contribution in [0.4, 0.5) is 22.9 Å². The lowest BCUT2D eigenvalue weighted by Gasteiger charge is -2.13. The first-order chi connectivity index (χ1) is 17.5. The van der Waals surface area contributed by atoms with Crippen molar-refractivity contribution in [2.24, 2.45) is 0 Å². The molecule has 2 aromatic carbocycles. The number of fused-ring (bicyclic) bond motifs is 1. The molecule has 0 bridgehead atoms. The Kier molecular flexibility index (Phi) is 6.06. The molecule has 0 atom stereocenters. The molecule has 3 N–H and O–H groups in total. The van der Waals surface area contributed by atoms with Crippen molar-refractivity contribution in [1.29, 1.82) is 0 Å². The van der Waals surface area contributed by atoms with Gasteiger partial charge in [-0.3, -0.25) is 0 Å². The van der Waals surface area contributed by atoms with Crippen molar-refractivity contribution >= 4 is 34.5 Å². The van der Waals surface area contributed by atoms with E-state index in [0.717, 1.165) is 16.9 Å². The normalized spacial score (nSPS) is 10.7. The van der Waals surface area contributed by atoms with Gasteiger partial charge >= 0.3 is 5.97 Å². The van der Waals surface area contributed by atoms with Crippen LogP contribution < -0.4 is 20.1 Å². The zero-order chi connectivity index (χ0) is 25.1. The zero-order valence-corrected chi connectivity index (χ0v) is 19.5. The molecule has 0 fully saturated rings. The fourth-order valence-corrected chi connectivity index (χ4v) is 3.71. The van der Waals surface area contributed by atoms with Gasteiger partial charge in [-0.1, -0.05) is 12.1 Å². The monoisotopic (exact) mass is 482 g/mol. The summed E-state index contributed by atoms with van der Waals surface area (Å²) < 4.78 is 12.3. The highest BCUT2D eigenvalue weighted by molar-refractivity contribution is 5.88. The van der Waals surface area contributed by atoms with Crippen LogP contribution in [0.3, 0.4) is 0 Å². The molecule has 3 heterocycles. The van der Waals surface area contributed by atoms with Gasteiger partial charge in [-0.25, -0.2) is 14.3 Å². The summed E-state index contributed by atoms with van der Waals surface area (Å²) in [6, 6.07) is 19.8. The molecule has 0 aliphatic rings. The van der Waals surface area contributed by atoms with E-state index in [0.29, 0.717) is 34.5 Å². The van der Waals surface area contributed by atoms with Gasteiger partial charge in [-0.05, 0) is 54.6 Å². The van der Waals surface area contributed by atoms with Crippen molar-refractivity contribution in [3.63, 3.8) is 0 Å². The Morgan fingerprint density at radius 1 is 0.944 bits per heavy atom. The van der Waals surface area contributed by atoms with Crippen LogP contribution in [0.25, 0.3) is 16.9 Å². The summed E-state index contributed by atoms with van der Waals surface area (Å²) in [6.45, 7) is 0. The number of aromatic nitrogens is 4. The molecule has 0 spiro atoms. The van der Waals surface area contributed by atoms with Gasteiger partial charge in [0.25, 0.3) is 5.88 Å². The van der Waals surface area contributed by atoms with Crippen LogP contribution in [0, 0.1) is 0 Å². The molecular weight excluding hydrogens is 460 g/mol. The van der Waals surface area contributed by atoms with Gasteiger partial charge in [-0.2, -0.15) is 10.1 Å². The molecule has 0 amide bonds. The van der Waals surface area contributed by atoms with Gasteiger partial charge in [0.1, 0.15) is 5.82 Å². The maximum atomic E-state index is 11.1. The van der Waals surface area contributed by atoms with E-state index < -0.39 is 5.97 Å². The molecule has 0 aliphatic carbocycles. The Labute approximate surface area is 206 Å². The minimum atomic E-state index is -0.961. The second-order valence-electron chi connectivity index (χ2n) is 7.76. The van der Waals surface area contributed by atoms with Crippen LogP contribution in [0.5, 0.6) is 11.6 Å². The number of nitrogens with one attached hydrogen (secondary N) is 2. The minimum absolute atomic E-state index is 0.233. The molecule has 0 aliphatic heterocycles. The number of ether oxygens (including phenoxy) is 2. The molecule has 5 aromatic rings. The number of rotatable bonds is 8. The number of aromatic carboxylic acids is 1. The third kappa shape index (κ3) is 4.60. The first-order valence-electron chi connectivity index (χ1n) is 11.0. The lowest BCUT2D eigenvalue weighted by atomic mass is 10.1. The molecule has 3 aromatic heterocycles. The lowest BCUT2D eigenvalue weighted by molar-refractivity contribution is 0.0697. The lowest BCUT2D eigenvalue weighted by Crippen LogP contribution is -2.02. The minimum Gasteiger partial charge on any atom is -0.491 e. The summed E-state index contributed by atoms with van der Waals surface area (Å²) in [5.41, 5.74) is 4.79. The number of methoxy groups -OCH3 is 2. The highest BCUT2D eigenvalue weighted by Gasteiger charge is 2.13. The number of nitrogens with zero attached hydrogens (tertiary/aromatic N) is 4. The number of carboxylic acid groups (broad SMARTS) is 1. The SMILES string of the molecule is COc1ccc(Nc2cc(-c3cccc(Nc4ccc(C(=O)O)cc4)c3)nn3ccnc23)nc1OC. The van der Waals surface area contributed by atoms with Crippen molar-refractivity contribution in [1.82, 2.24) is 19.6 Å². The van der Waals surface area contributed by atoms with E-state index in [2.05, 4.69) is 20.6 Å². The van der Waals surface area contributed by atoms with Crippen LogP contribution >= 0.6 is 0 Å². The van der Waals surface area contributed by atoms with E-state index in [4.69, 9.17) is 19.7 Å². The van der Waals surface area contributed by atoms with E-state index in [1.165, 1.54) is 7.11 Å². The van der Waals surface area contributed by atoms with Crippen LogP contribution in [-0.2, 0) is 0 Å². The highest BCUT2D eigenvalue weighted by Crippen LogP contribution is 2.31. The van der Waals surface area contributed by atoms with E-state index in [1.54, 1.807) is 60.4 Å². The van der Waals surface area contributed by atoms with E-state index in [-0.39, 0.29) is 5.56 Å². The highest BCUT2D eigenvalue weighted by atomic mass is 16.5. The quantitative estimate of drug-likeness (QED) is 0.280. The van der Waals surface area contributed by atoms with Crippen LogP contribution in [-0.4, -0.2) is 44.9 Å². The van der Waals surface area contributed by atoms with Gasteiger partial charge in [0, 0.05) is 29.3 Å². The predicted molar refractivity (Wildman–Crippen MR) is 136 cm³/mol. The molecular formula is C26H22N6O4. The number of carbonyl (C=O) groups is 1. The molecule has 5 rings (SSSR count). The molecule has 36 heavy (non-hydrogen) atoms. The second-order valence-corrected chi connectivity index (χ2v) is 7.76. The molecule has 0 saturated heterocycles. The second kappa shape index (κ2) is 9.63. The largest absolute Gasteiger partial charge is 0.491 e. The first-order valence-corrected chi connectivity index (χ1v) is 11.0. The van der Waals surface area contributed by atoms with E-state index in [1.807, 2.05) is 30.3 Å². The fourth-order valence-electron chi connectivity index (χ4n) is 3.71. The number of benzene rings is 2. The summed E-state index contributed by atoms with van der Waals surface area (Å²) in [4.78, 5) is 20.0. The van der Waals surface area contributed by atoms with Crippen LogP contribution in [0.15, 0.2) is 79.1 Å². The fraction of sp³-hybridized carbons (Fsp3) is 0.0769. The van der Waals surface area contributed by atoms with Gasteiger partial charge in [0.2, 0.25) is 0 Å². The number of imidazole rings is 1. The Balaban J connectivity index is 1.46. The van der Waals surface area contributed by atoms with Gasteiger partial charge in [0.15, 0.2) is 11.4 Å². The molecule has 180 valence electrons. The molecule has 10 heteroatoms. The number of anilines is 4. The van der Waals surface area contributed by atoms with Crippen LogP contribution in [0.1, 0.15) is 10.4 Å². The Morgan fingerprint density at radius 2 is 1.78 bits per heavy atom. The molecule has 0 unspecified atom stereocenters. The van der Waals surface area contributed by atoms with Crippen LogP contribution in [0.2, 0.25) is 0 Å². The Morgan fingerprint density at radius 3 is 2.53 bits per heavy atom. The van der Waals surface area contributed by atoms with E-state index in [9.17, 15) is 4.79 Å². The number of pyridine rings is 1. The summed E-state index contributed by atoms with van der Waals surface area (Å²) >= 11 is 0. The van der Waals surface area contributed by atoms with Gasteiger partial charge in [-0.15, -0.1) is 0 Å². The Bertz CT molecular complexity index is 1550. The standard InChI is InChI=1S/C26H22N6O4/c1-35-22-10-11-23(30-25(22)36-2)29-21-15-20(31-32-13-12-27-24(21)32)17-4-3-5-19(14-17)28-18-8-6-16(7-9-18)26(33)34/h3-15,28H,1-2H3,(H,29,30)(H,33,34). The maximum absolute atomic E-state index is 11.1.